The van der Waals surface area contributed by atoms with E-state index in [1.807, 2.05) is 24.3 Å². The number of para-hydroxylation sites is 2. The fraction of sp³-hybridized carbons (Fsp3) is 0.300. The molecule has 0 saturated carbocycles. The molecule has 1 heterocycles. The molecular weight excluding hydrogens is 332 g/mol. The Labute approximate surface area is 153 Å². The molecule has 1 atom stereocenters. The Balaban J connectivity index is 1.90. The molecule has 0 spiro atoms. The van der Waals surface area contributed by atoms with Crippen LogP contribution in [0.3, 0.4) is 0 Å². The summed E-state index contributed by atoms with van der Waals surface area (Å²) in [7, 11) is 0. The van der Waals surface area contributed by atoms with Gasteiger partial charge in [0.05, 0.1) is 6.54 Å². The van der Waals surface area contributed by atoms with Crippen molar-refractivity contribution >= 4 is 34.1 Å². The summed E-state index contributed by atoms with van der Waals surface area (Å²) in [6.45, 7) is 7.44. The van der Waals surface area contributed by atoms with Gasteiger partial charge in [0.2, 0.25) is 5.89 Å². The molecule has 1 unspecified atom stereocenters. The van der Waals surface area contributed by atoms with Gasteiger partial charge in [-0.1, -0.05) is 24.3 Å². The highest BCUT2D eigenvalue weighted by molar-refractivity contribution is 7.80. The van der Waals surface area contributed by atoms with E-state index >= 15 is 0 Å². The smallest absolute Gasteiger partial charge is 0.238 e. The molecule has 0 N–H and O–H groups in total. The van der Waals surface area contributed by atoms with Crippen LogP contribution in [0.15, 0.2) is 52.9 Å². The quantitative estimate of drug-likeness (QED) is 0.578. The van der Waals surface area contributed by atoms with Gasteiger partial charge in [-0.05, 0) is 55.9 Å². The lowest BCUT2D eigenvalue weighted by atomic mass is 10.2. The van der Waals surface area contributed by atoms with Gasteiger partial charge in [0.15, 0.2) is 16.7 Å². The average molecular weight is 354 g/mol. The standard InChI is InChI=1S/C20H22N2O2S/c1-4-22(16-9-7-8-14(2)12-16)13-19(23-15(3)25)20-21-17-10-5-6-11-18(17)24-20/h5-12,19H,4,13H2,1-3H3. The second-order valence-electron chi connectivity index (χ2n) is 6.00. The van der Waals surface area contributed by atoms with Crippen LogP contribution in [0.1, 0.15) is 31.4 Å². The predicted molar refractivity (Wildman–Crippen MR) is 105 cm³/mol. The van der Waals surface area contributed by atoms with Crippen LogP contribution in [0, 0.1) is 6.92 Å². The molecule has 0 saturated heterocycles. The Bertz CT molecular complexity index is 842. The lowest BCUT2D eigenvalue weighted by molar-refractivity contribution is 0.168. The van der Waals surface area contributed by atoms with E-state index in [0.717, 1.165) is 23.3 Å². The van der Waals surface area contributed by atoms with Crippen LogP contribution in [-0.2, 0) is 4.74 Å². The van der Waals surface area contributed by atoms with Crippen molar-refractivity contribution in [3.8, 4) is 0 Å². The molecule has 0 fully saturated rings. The summed E-state index contributed by atoms with van der Waals surface area (Å²) in [5.41, 5.74) is 3.95. The number of benzene rings is 2. The molecule has 0 aliphatic carbocycles. The second kappa shape index (κ2) is 7.66. The minimum Gasteiger partial charge on any atom is -0.473 e. The molecule has 3 rings (SSSR count). The third kappa shape index (κ3) is 4.17. The fourth-order valence-corrected chi connectivity index (χ4v) is 2.95. The molecule has 5 heteroatoms. The van der Waals surface area contributed by atoms with E-state index in [-0.39, 0.29) is 6.10 Å². The number of thiocarbonyl (C=S) groups is 1. The van der Waals surface area contributed by atoms with E-state index in [1.54, 1.807) is 6.92 Å². The molecule has 0 amide bonds. The van der Waals surface area contributed by atoms with Crippen LogP contribution >= 0.6 is 12.2 Å². The maximum atomic E-state index is 5.91. The van der Waals surface area contributed by atoms with Crippen molar-refractivity contribution in [1.82, 2.24) is 4.98 Å². The summed E-state index contributed by atoms with van der Waals surface area (Å²) in [5.74, 6) is 0.552. The highest BCUT2D eigenvalue weighted by Crippen LogP contribution is 2.26. The van der Waals surface area contributed by atoms with Crippen LogP contribution < -0.4 is 4.90 Å². The zero-order valence-corrected chi connectivity index (χ0v) is 15.5. The van der Waals surface area contributed by atoms with E-state index < -0.39 is 0 Å². The summed E-state index contributed by atoms with van der Waals surface area (Å²) in [5, 5.41) is 0.479. The predicted octanol–water partition coefficient (Wildman–Crippen LogP) is 5.07. The maximum absolute atomic E-state index is 5.91. The molecule has 4 nitrogen and oxygen atoms in total. The van der Waals surface area contributed by atoms with Crippen molar-refractivity contribution in [3.05, 3.63) is 60.0 Å². The van der Waals surface area contributed by atoms with E-state index in [4.69, 9.17) is 21.4 Å². The molecule has 0 aliphatic heterocycles. The number of aryl methyl sites for hydroxylation is 1. The zero-order chi connectivity index (χ0) is 17.8. The number of nitrogens with zero attached hydrogens (tertiary/aromatic N) is 2. The first-order valence-electron chi connectivity index (χ1n) is 8.41. The van der Waals surface area contributed by atoms with Gasteiger partial charge in [-0.2, -0.15) is 0 Å². The topological polar surface area (TPSA) is 38.5 Å². The first kappa shape index (κ1) is 17.4. The second-order valence-corrected chi connectivity index (χ2v) is 6.57. The van der Waals surface area contributed by atoms with E-state index in [2.05, 4.69) is 48.0 Å². The van der Waals surface area contributed by atoms with E-state index in [0.29, 0.717) is 17.5 Å². The third-order valence-electron chi connectivity index (χ3n) is 4.03. The molecule has 0 bridgehead atoms. The molecule has 130 valence electrons. The lowest BCUT2D eigenvalue weighted by Gasteiger charge is -2.27. The van der Waals surface area contributed by atoms with Gasteiger partial charge in [0.1, 0.15) is 5.52 Å². The number of oxazole rings is 1. The first-order valence-corrected chi connectivity index (χ1v) is 8.82. The van der Waals surface area contributed by atoms with Crippen molar-refractivity contribution in [3.63, 3.8) is 0 Å². The Morgan fingerprint density at radius 2 is 2.04 bits per heavy atom. The highest BCUT2D eigenvalue weighted by Gasteiger charge is 2.23. The monoisotopic (exact) mass is 354 g/mol. The van der Waals surface area contributed by atoms with Gasteiger partial charge in [-0.15, -0.1) is 0 Å². The summed E-state index contributed by atoms with van der Waals surface area (Å²) in [4.78, 5) is 6.83. The number of rotatable bonds is 6. The van der Waals surface area contributed by atoms with Crippen LogP contribution in [0.5, 0.6) is 0 Å². The van der Waals surface area contributed by atoms with Gasteiger partial charge in [-0.25, -0.2) is 4.98 Å². The number of hydrogen-bond donors (Lipinski definition) is 0. The summed E-state index contributed by atoms with van der Waals surface area (Å²) >= 11 is 5.17. The van der Waals surface area contributed by atoms with Crippen LogP contribution in [0.2, 0.25) is 0 Å². The largest absolute Gasteiger partial charge is 0.473 e. The molecule has 3 aromatic rings. The normalized spacial score (nSPS) is 12.1. The summed E-state index contributed by atoms with van der Waals surface area (Å²) < 4.78 is 11.8. The number of anilines is 1. The number of hydrogen-bond acceptors (Lipinski definition) is 5. The summed E-state index contributed by atoms with van der Waals surface area (Å²) in [6.07, 6.45) is -0.356. The fourth-order valence-electron chi connectivity index (χ4n) is 2.84. The van der Waals surface area contributed by atoms with E-state index in [9.17, 15) is 0 Å². The average Bonchev–Trinajstić information content (AvgIpc) is 3.02. The van der Waals surface area contributed by atoms with E-state index in [1.165, 1.54) is 5.56 Å². The van der Waals surface area contributed by atoms with Gasteiger partial charge in [0, 0.05) is 19.2 Å². The Kier molecular flexibility index (Phi) is 5.34. The van der Waals surface area contributed by atoms with Gasteiger partial charge >= 0.3 is 0 Å². The van der Waals surface area contributed by atoms with Gasteiger partial charge in [-0.3, -0.25) is 0 Å². The highest BCUT2D eigenvalue weighted by atomic mass is 32.1. The molecule has 0 aliphatic rings. The molecule has 25 heavy (non-hydrogen) atoms. The van der Waals surface area contributed by atoms with Crippen molar-refractivity contribution in [2.24, 2.45) is 0 Å². The maximum Gasteiger partial charge on any atom is 0.238 e. The van der Waals surface area contributed by atoms with Crippen LogP contribution in [0.25, 0.3) is 11.1 Å². The third-order valence-corrected chi connectivity index (χ3v) is 4.13. The Morgan fingerprint density at radius 3 is 2.72 bits per heavy atom. The van der Waals surface area contributed by atoms with Gasteiger partial charge in [0.25, 0.3) is 0 Å². The van der Waals surface area contributed by atoms with Crippen molar-refractivity contribution in [2.45, 2.75) is 26.9 Å². The minimum atomic E-state index is -0.356. The summed E-state index contributed by atoms with van der Waals surface area (Å²) in [6, 6.07) is 16.1. The minimum absolute atomic E-state index is 0.356. The van der Waals surface area contributed by atoms with Crippen LogP contribution in [0.4, 0.5) is 5.69 Å². The number of ether oxygens (including phenoxy) is 1. The number of aromatic nitrogens is 1. The number of fused-ring (bicyclic) bond motifs is 1. The van der Waals surface area contributed by atoms with Crippen molar-refractivity contribution in [1.29, 1.82) is 0 Å². The van der Waals surface area contributed by atoms with Crippen molar-refractivity contribution < 1.29 is 9.15 Å². The van der Waals surface area contributed by atoms with Crippen molar-refractivity contribution in [2.75, 3.05) is 18.0 Å². The Morgan fingerprint density at radius 1 is 1.24 bits per heavy atom. The molecule has 0 radical (unpaired) electrons. The Hall–Kier alpha value is -2.40. The number of likely N-dealkylation sites (N-methyl/N-ethyl adjacent to an activating group) is 1. The molecular formula is C20H22N2O2S. The zero-order valence-electron chi connectivity index (χ0n) is 14.7. The molecule has 2 aromatic carbocycles. The first-order chi connectivity index (χ1) is 12.1. The molecule has 1 aromatic heterocycles. The lowest BCUT2D eigenvalue weighted by Crippen LogP contribution is -2.30. The SMILES string of the molecule is CCN(CC(OC(C)=S)c1nc2ccccc2o1)c1cccc(C)c1. The van der Waals surface area contributed by atoms with Crippen LogP contribution in [-0.4, -0.2) is 23.1 Å². The van der Waals surface area contributed by atoms with Gasteiger partial charge < -0.3 is 14.1 Å².